The van der Waals surface area contributed by atoms with Gasteiger partial charge in [-0.2, -0.15) is 4.98 Å². The molecule has 0 saturated carbocycles. The molecule has 1 fully saturated rings. The third-order valence-corrected chi connectivity index (χ3v) is 4.32. The van der Waals surface area contributed by atoms with Crippen molar-refractivity contribution in [1.29, 1.82) is 0 Å². The van der Waals surface area contributed by atoms with E-state index in [1.54, 1.807) is 0 Å². The van der Waals surface area contributed by atoms with Crippen LogP contribution < -0.4 is 5.32 Å². The van der Waals surface area contributed by atoms with Gasteiger partial charge in [-0.3, -0.25) is 0 Å². The normalized spacial score (nSPS) is 21.4. The van der Waals surface area contributed by atoms with Crippen LogP contribution in [0.15, 0.2) is 28.8 Å². The molecule has 24 heavy (non-hydrogen) atoms. The van der Waals surface area contributed by atoms with Gasteiger partial charge in [0.1, 0.15) is 11.9 Å². The first kappa shape index (κ1) is 15.3. The summed E-state index contributed by atoms with van der Waals surface area (Å²) >= 11 is 0. The summed E-state index contributed by atoms with van der Waals surface area (Å²) in [7, 11) is 0. The van der Waals surface area contributed by atoms with Crippen molar-refractivity contribution in [1.82, 2.24) is 25.0 Å². The molecule has 1 saturated heterocycles. The molecule has 0 amide bonds. The van der Waals surface area contributed by atoms with Crippen molar-refractivity contribution < 1.29 is 9.26 Å². The number of benzene rings is 1. The number of rotatable bonds is 4. The molecule has 3 aromatic rings. The molecule has 3 heterocycles. The first-order chi connectivity index (χ1) is 11.7. The number of ether oxygens (including phenoxy) is 1. The van der Waals surface area contributed by atoms with Crippen LogP contribution in [0.25, 0.3) is 11.0 Å². The Kier molecular flexibility index (Phi) is 4.03. The van der Waals surface area contributed by atoms with E-state index in [4.69, 9.17) is 9.26 Å². The molecule has 2 aromatic heterocycles. The summed E-state index contributed by atoms with van der Waals surface area (Å²) in [6.45, 7) is 6.38. The van der Waals surface area contributed by atoms with Gasteiger partial charge < -0.3 is 19.1 Å². The average molecular weight is 327 g/mol. The molecule has 1 N–H and O–H groups in total. The number of hydrogen-bond acceptors (Lipinski definition) is 6. The Bertz CT molecular complexity index is 840. The van der Waals surface area contributed by atoms with Crippen molar-refractivity contribution in [3.8, 4) is 0 Å². The van der Waals surface area contributed by atoms with Gasteiger partial charge >= 0.3 is 0 Å². The summed E-state index contributed by atoms with van der Waals surface area (Å²) < 4.78 is 13.4. The first-order valence-corrected chi connectivity index (χ1v) is 8.31. The maximum absolute atomic E-state index is 5.84. The molecule has 0 radical (unpaired) electrons. The van der Waals surface area contributed by atoms with Crippen LogP contribution in [0.3, 0.4) is 0 Å². The summed E-state index contributed by atoms with van der Waals surface area (Å²) in [6.07, 6.45) is 0.685. The maximum Gasteiger partial charge on any atom is 0.257 e. The molecule has 1 aliphatic heterocycles. The zero-order chi connectivity index (χ0) is 16.5. The predicted octanol–water partition coefficient (Wildman–Crippen LogP) is 2.02. The SMILES string of the molecule is Cc1nc2ccccc2n1CCc1noc([C@H]2CNC[C@@H](C)O2)n1. The van der Waals surface area contributed by atoms with E-state index < -0.39 is 0 Å². The van der Waals surface area contributed by atoms with Crippen molar-refractivity contribution in [3.63, 3.8) is 0 Å². The van der Waals surface area contributed by atoms with Gasteiger partial charge in [-0.1, -0.05) is 17.3 Å². The number of hydrogen-bond donors (Lipinski definition) is 1. The van der Waals surface area contributed by atoms with Gasteiger partial charge in [0.05, 0.1) is 17.1 Å². The number of nitrogens with one attached hydrogen (secondary N) is 1. The van der Waals surface area contributed by atoms with Crippen molar-refractivity contribution in [2.75, 3.05) is 13.1 Å². The lowest BCUT2D eigenvalue weighted by molar-refractivity contribution is -0.0438. The molecule has 0 spiro atoms. The predicted molar refractivity (Wildman–Crippen MR) is 88.6 cm³/mol. The largest absolute Gasteiger partial charge is 0.363 e. The monoisotopic (exact) mass is 327 g/mol. The van der Waals surface area contributed by atoms with Gasteiger partial charge in [0.2, 0.25) is 0 Å². The standard InChI is InChI=1S/C17H21N5O2/c1-11-9-18-10-15(23-11)17-20-16(21-24-17)7-8-22-12(2)19-13-5-3-4-6-14(13)22/h3-6,11,15,18H,7-10H2,1-2H3/t11-,15-/m1/s1. The molecule has 126 valence electrons. The third-order valence-electron chi connectivity index (χ3n) is 4.32. The Hall–Kier alpha value is -2.25. The molecule has 2 atom stereocenters. The van der Waals surface area contributed by atoms with Crippen LogP contribution >= 0.6 is 0 Å². The van der Waals surface area contributed by atoms with E-state index >= 15 is 0 Å². The maximum atomic E-state index is 5.84. The highest BCUT2D eigenvalue weighted by Gasteiger charge is 2.25. The minimum absolute atomic E-state index is 0.152. The van der Waals surface area contributed by atoms with Gasteiger partial charge in [0, 0.05) is 26.1 Å². The van der Waals surface area contributed by atoms with Crippen molar-refractivity contribution >= 4 is 11.0 Å². The molecule has 0 bridgehead atoms. The lowest BCUT2D eigenvalue weighted by atomic mass is 10.2. The van der Waals surface area contributed by atoms with E-state index in [-0.39, 0.29) is 12.2 Å². The van der Waals surface area contributed by atoms with Crippen LogP contribution in [0.2, 0.25) is 0 Å². The van der Waals surface area contributed by atoms with E-state index in [2.05, 4.69) is 31.1 Å². The number of morpholine rings is 1. The summed E-state index contributed by atoms with van der Waals surface area (Å²) in [5.41, 5.74) is 2.15. The zero-order valence-corrected chi connectivity index (χ0v) is 13.9. The Morgan fingerprint density at radius 3 is 3.00 bits per heavy atom. The van der Waals surface area contributed by atoms with E-state index in [0.29, 0.717) is 24.7 Å². The fraction of sp³-hybridized carbons (Fsp3) is 0.471. The highest BCUT2D eigenvalue weighted by atomic mass is 16.5. The molecule has 1 aromatic carbocycles. The van der Waals surface area contributed by atoms with Crippen LogP contribution in [0.5, 0.6) is 0 Å². The summed E-state index contributed by atoms with van der Waals surface area (Å²) in [5, 5.41) is 7.41. The van der Waals surface area contributed by atoms with Crippen molar-refractivity contribution in [2.45, 2.75) is 39.0 Å². The molecule has 0 unspecified atom stereocenters. The Morgan fingerprint density at radius 1 is 1.25 bits per heavy atom. The number of fused-ring (bicyclic) bond motifs is 1. The second-order valence-corrected chi connectivity index (χ2v) is 6.19. The van der Waals surface area contributed by atoms with Crippen molar-refractivity contribution in [3.05, 3.63) is 41.8 Å². The zero-order valence-electron chi connectivity index (χ0n) is 13.9. The number of aromatic nitrogens is 4. The smallest absolute Gasteiger partial charge is 0.257 e. The van der Waals surface area contributed by atoms with E-state index in [1.807, 2.05) is 32.0 Å². The lowest BCUT2D eigenvalue weighted by Gasteiger charge is -2.25. The molecule has 7 nitrogen and oxygen atoms in total. The molecular formula is C17H21N5O2. The van der Waals surface area contributed by atoms with Gasteiger partial charge in [-0.05, 0) is 26.0 Å². The van der Waals surface area contributed by atoms with Gasteiger partial charge in [-0.15, -0.1) is 0 Å². The second kappa shape index (κ2) is 6.33. The molecular weight excluding hydrogens is 306 g/mol. The van der Waals surface area contributed by atoms with E-state index in [0.717, 1.165) is 29.9 Å². The van der Waals surface area contributed by atoms with Crippen LogP contribution in [-0.2, 0) is 17.7 Å². The first-order valence-electron chi connectivity index (χ1n) is 8.31. The van der Waals surface area contributed by atoms with Crippen LogP contribution in [0.1, 0.15) is 30.6 Å². The summed E-state index contributed by atoms with van der Waals surface area (Å²) in [4.78, 5) is 9.08. The van der Waals surface area contributed by atoms with E-state index in [1.165, 1.54) is 0 Å². The highest BCUT2D eigenvalue weighted by molar-refractivity contribution is 5.75. The van der Waals surface area contributed by atoms with E-state index in [9.17, 15) is 0 Å². The van der Waals surface area contributed by atoms with Crippen LogP contribution in [-0.4, -0.2) is 38.9 Å². The quantitative estimate of drug-likeness (QED) is 0.790. The summed E-state index contributed by atoms with van der Waals surface area (Å²) in [6, 6.07) is 8.14. The third kappa shape index (κ3) is 2.92. The number of imidazole rings is 1. The Morgan fingerprint density at radius 2 is 2.12 bits per heavy atom. The number of aryl methyl sites for hydroxylation is 3. The topological polar surface area (TPSA) is 78.0 Å². The van der Waals surface area contributed by atoms with Gasteiger partial charge in [0.25, 0.3) is 5.89 Å². The molecule has 0 aliphatic carbocycles. The van der Waals surface area contributed by atoms with Crippen LogP contribution in [0.4, 0.5) is 0 Å². The summed E-state index contributed by atoms with van der Waals surface area (Å²) in [5.74, 6) is 2.24. The fourth-order valence-corrected chi connectivity index (χ4v) is 3.13. The second-order valence-electron chi connectivity index (χ2n) is 6.19. The fourth-order valence-electron chi connectivity index (χ4n) is 3.13. The molecule has 1 aliphatic rings. The number of nitrogens with zero attached hydrogens (tertiary/aromatic N) is 4. The number of para-hydroxylation sites is 2. The van der Waals surface area contributed by atoms with Crippen molar-refractivity contribution in [2.24, 2.45) is 0 Å². The minimum Gasteiger partial charge on any atom is -0.363 e. The molecule has 7 heteroatoms. The molecule has 4 rings (SSSR count). The lowest BCUT2D eigenvalue weighted by Crippen LogP contribution is -2.39. The Labute approximate surface area is 140 Å². The van der Waals surface area contributed by atoms with Gasteiger partial charge in [0.15, 0.2) is 5.82 Å². The average Bonchev–Trinajstić information content (AvgIpc) is 3.17. The Balaban J connectivity index is 1.47. The van der Waals surface area contributed by atoms with Gasteiger partial charge in [-0.25, -0.2) is 4.98 Å². The van der Waals surface area contributed by atoms with Crippen LogP contribution in [0, 0.1) is 6.92 Å². The highest BCUT2D eigenvalue weighted by Crippen LogP contribution is 2.20. The minimum atomic E-state index is -0.161.